The van der Waals surface area contributed by atoms with Crippen LogP contribution in [0.15, 0.2) is 42.5 Å². The molecule has 0 aromatic heterocycles. The van der Waals surface area contributed by atoms with Crippen LogP contribution < -0.4 is 15.1 Å². The molecule has 1 fully saturated rings. The van der Waals surface area contributed by atoms with E-state index in [2.05, 4.69) is 15.1 Å². The summed E-state index contributed by atoms with van der Waals surface area (Å²) in [5.41, 5.74) is 0.911. The average molecular weight is 418 g/mol. The normalized spacial score (nSPS) is 18.1. The van der Waals surface area contributed by atoms with E-state index in [4.69, 9.17) is 0 Å². The van der Waals surface area contributed by atoms with Crippen LogP contribution in [0, 0.1) is 0 Å². The molecule has 2 aromatic carbocycles. The fraction of sp³-hybridized carbons (Fsp3) is 0.333. The summed E-state index contributed by atoms with van der Waals surface area (Å²) < 4.78 is 38.7. The summed E-state index contributed by atoms with van der Waals surface area (Å²) in [5, 5.41) is 2.76. The van der Waals surface area contributed by atoms with Gasteiger partial charge in [-0.1, -0.05) is 6.07 Å². The van der Waals surface area contributed by atoms with E-state index in [1.807, 2.05) is 13.1 Å². The Bertz CT molecular complexity index is 967. The SMILES string of the molecule is CN1CCN(c2cccc3c2C(=O)N(c2ccc(C(F)(F)F)cc2)CC(=O)N3)CC1. The van der Waals surface area contributed by atoms with Crippen molar-refractivity contribution in [2.45, 2.75) is 6.18 Å². The van der Waals surface area contributed by atoms with Crippen LogP contribution in [0.1, 0.15) is 15.9 Å². The molecule has 2 heterocycles. The number of hydrogen-bond acceptors (Lipinski definition) is 4. The molecule has 158 valence electrons. The molecule has 2 aliphatic heterocycles. The zero-order chi connectivity index (χ0) is 21.5. The number of likely N-dealkylation sites (N-methyl/N-ethyl adjacent to an activating group) is 1. The van der Waals surface area contributed by atoms with Gasteiger partial charge in [0.15, 0.2) is 0 Å². The molecule has 0 aliphatic carbocycles. The molecule has 0 bridgehead atoms. The van der Waals surface area contributed by atoms with Crippen molar-refractivity contribution >= 4 is 28.9 Å². The molecular weight excluding hydrogens is 397 g/mol. The Hall–Kier alpha value is -3.07. The molecule has 0 atom stereocenters. The summed E-state index contributed by atoms with van der Waals surface area (Å²) in [7, 11) is 2.03. The molecule has 2 aliphatic rings. The van der Waals surface area contributed by atoms with Gasteiger partial charge in [0.1, 0.15) is 6.54 Å². The van der Waals surface area contributed by atoms with Crippen LogP contribution in [0.5, 0.6) is 0 Å². The standard InChI is InChI=1S/C21H21F3N4O2/c1-26-9-11-27(12-10-26)17-4-2-3-16-19(17)20(30)28(13-18(29)25-16)15-7-5-14(6-8-15)21(22,23)24/h2-8H,9-13H2,1H3,(H,25,29). The molecule has 4 rings (SSSR count). The number of piperazine rings is 1. The molecule has 0 saturated carbocycles. The third kappa shape index (κ3) is 3.85. The molecular formula is C21H21F3N4O2. The Morgan fingerprint density at radius 1 is 0.933 bits per heavy atom. The fourth-order valence-electron chi connectivity index (χ4n) is 3.76. The number of carbonyl (C=O) groups is 2. The summed E-state index contributed by atoms with van der Waals surface area (Å²) in [4.78, 5) is 31.4. The molecule has 2 amide bonds. The predicted octanol–water partition coefficient (Wildman–Crippen LogP) is 3.06. The van der Waals surface area contributed by atoms with E-state index in [1.165, 1.54) is 17.0 Å². The minimum absolute atomic E-state index is 0.240. The van der Waals surface area contributed by atoms with Crippen LogP contribution >= 0.6 is 0 Å². The molecule has 6 nitrogen and oxygen atoms in total. The lowest BCUT2D eigenvalue weighted by Gasteiger charge is -2.35. The molecule has 30 heavy (non-hydrogen) atoms. The van der Waals surface area contributed by atoms with Crippen LogP contribution in [0.4, 0.5) is 30.2 Å². The van der Waals surface area contributed by atoms with Crippen molar-refractivity contribution in [3.8, 4) is 0 Å². The predicted molar refractivity (Wildman–Crippen MR) is 108 cm³/mol. The summed E-state index contributed by atoms with van der Waals surface area (Å²) in [6, 6.07) is 9.56. The van der Waals surface area contributed by atoms with Crippen LogP contribution in [0.3, 0.4) is 0 Å². The number of halogens is 3. The quantitative estimate of drug-likeness (QED) is 0.815. The third-order valence-corrected chi connectivity index (χ3v) is 5.43. The molecule has 1 saturated heterocycles. The largest absolute Gasteiger partial charge is 0.416 e. The van der Waals surface area contributed by atoms with Gasteiger partial charge < -0.3 is 15.1 Å². The summed E-state index contributed by atoms with van der Waals surface area (Å²) in [5.74, 6) is -0.824. The zero-order valence-electron chi connectivity index (χ0n) is 16.4. The Labute approximate surface area is 171 Å². The Balaban J connectivity index is 1.72. The maximum absolute atomic E-state index is 13.5. The fourth-order valence-corrected chi connectivity index (χ4v) is 3.76. The number of rotatable bonds is 2. The van der Waals surface area contributed by atoms with Gasteiger partial charge in [0.2, 0.25) is 5.91 Å². The monoisotopic (exact) mass is 418 g/mol. The lowest BCUT2D eigenvalue weighted by Crippen LogP contribution is -2.45. The van der Waals surface area contributed by atoms with Gasteiger partial charge in [0.05, 0.1) is 22.5 Å². The van der Waals surface area contributed by atoms with E-state index in [0.29, 0.717) is 16.9 Å². The number of alkyl halides is 3. The summed E-state index contributed by atoms with van der Waals surface area (Å²) in [6.07, 6.45) is -4.47. The van der Waals surface area contributed by atoms with Crippen molar-refractivity contribution in [2.24, 2.45) is 0 Å². The maximum Gasteiger partial charge on any atom is 0.416 e. The van der Waals surface area contributed by atoms with Gasteiger partial charge in [0, 0.05) is 31.9 Å². The molecule has 0 unspecified atom stereocenters. The lowest BCUT2D eigenvalue weighted by molar-refractivity contribution is -0.137. The van der Waals surface area contributed by atoms with Crippen LogP contribution in [0.25, 0.3) is 0 Å². The Morgan fingerprint density at radius 2 is 1.60 bits per heavy atom. The second-order valence-electron chi connectivity index (χ2n) is 7.47. The van der Waals surface area contributed by atoms with Crippen LogP contribution in [0.2, 0.25) is 0 Å². The van der Waals surface area contributed by atoms with Crippen LogP contribution in [-0.2, 0) is 11.0 Å². The first-order valence-corrected chi connectivity index (χ1v) is 9.59. The number of benzene rings is 2. The van der Waals surface area contributed by atoms with Gasteiger partial charge in [-0.3, -0.25) is 14.5 Å². The Kier molecular flexibility index (Phi) is 5.15. The highest BCUT2D eigenvalue weighted by Crippen LogP contribution is 2.35. The number of fused-ring (bicyclic) bond motifs is 1. The van der Waals surface area contributed by atoms with E-state index in [9.17, 15) is 22.8 Å². The highest BCUT2D eigenvalue weighted by Gasteiger charge is 2.33. The number of hydrogen-bond donors (Lipinski definition) is 1. The van der Waals surface area contributed by atoms with Crippen molar-refractivity contribution in [3.63, 3.8) is 0 Å². The first kappa shape index (κ1) is 20.2. The van der Waals surface area contributed by atoms with Crippen molar-refractivity contribution in [1.29, 1.82) is 0 Å². The third-order valence-electron chi connectivity index (χ3n) is 5.43. The smallest absolute Gasteiger partial charge is 0.368 e. The Morgan fingerprint density at radius 3 is 2.23 bits per heavy atom. The van der Waals surface area contributed by atoms with E-state index < -0.39 is 23.6 Å². The van der Waals surface area contributed by atoms with E-state index in [1.54, 1.807) is 12.1 Å². The highest BCUT2D eigenvalue weighted by atomic mass is 19.4. The first-order valence-electron chi connectivity index (χ1n) is 9.59. The lowest BCUT2D eigenvalue weighted by atomic mass is 10.1. The molecule has 2 aromatic rings. The molecule has 9 heteroatoms. The number of anilines is 3. The highest BCUT2D eigenvalue weighted by molar-refractivity contribution is 6.19. The maximum atomic E-state index is 13.5. The minimum atomic E-state index is -4.47. The van der Waals surface area contributed by atoms with Crippen LogP contribution in [-0.4, -0.2) is 56.5 Å². The van der Waals surface area contributed by atoms with E-state index in [-0.39, 0.29) is 12.2 Å². The minimum Gasteiger partial charge on any atom is -0.368 e. The second-order valence-corrected chi connectivity index (χ2v) is 7.47. The van der Waals surface area contributed by atoms with Gasteiger partial charge in [-0.15, -0.1) is 0 Å². The molecule has 0 spiro atoms. The number of amides is 2. The van der Waals surface area contributed by atoms with E-state index in [0.717, 1.165) is 38.3 Å². The van der Waals surface area contributed by atoms with E-state index >= 15 is 0 Å². The zero-order valence-corrected chi connectivity index (χ0v) is 16.4. The summed E-state index contributed by atoms with van der Waals surface area (Å²) in [6.45, 7) is 2.86. The van der Waals surface area contributed by atoms with Crippen molar-refractivity contribution in [2.75, 3.05) is 54.9 Å². The van der Waals surface area contributed by atoms with Crippen molar-refractivity contribution < 1.29 is 22.8 Å². The number of carbonyl (C=O) groups excluding carboxylic acids is 2. The number of nitrogens with one attached hydrogen (secondary N) is 1. The van der Waals surface area contributed by atoms with Gasteiger partial charge >= 0.3 is 6.18 Å². The topological polar surface area (TPSA) is 55.9 Å². The van der Waals surface area contributed by atoms with Gasteiger partial charge in [-0.25, -0.2) is 0 Å². The number of nitrogens with zero attached hydrogens (tertiary/aromatic N) is 3. The average Bonchev–Trinajstić information content (AvgIpc) is 2.84. The van der Waals surface area contributed by atoms with Crippen molar-refractivity contribution in [1.82, 2.24) is 4.90 Å². The van der Waals surface area contributed by atoms with Gasteiger partial charge in [0.25, 0.3) is 5.91 Å². The summed E-state index contributed by atoms with van der Waals surface area (Å²) >= 11 is 0. The molecule has 0 radical (unpaired) electrons. The van der Waals surface area contributed by atoms with Crippen molar-refractivity contribution in [3.05, 3.63) is 53.6 Å². The first-order chi connectivity index (χ1) is 14.2. The molecule has 1 N–H and O–H groups in total. The second kappa shape index (κ2) is 7.64. The van der Waals surface area contributed by atoms with Gasteiger partial charge in [-0.05, 0) is 43.4 Å². The van der Waals surface area contributed by atoms with Gasteiger partial charge in [-0.2, -0.15) is 13.2 Å².